The monoisotopic (exact) mass is 197 g/mol. The number of carbonyl (C=O) groups excluding carboxylic acids is 1. The molecule has 1 aromatic rings. The molecule has 2 N–H and O–H groups in total. The van der Waals surface area contributed by atoms with Gasteiger partial charge in [-0.3, -0.25) is 9.48 Å². The second-order valence-corrected chi connectivity index (χ2v) is 3.07. The number of likely N-dealkylation sites (N-methyl/N-ethyl adjacent to an activating group) is 1. The van der Waals surface area contributed by atoms with Gasteiger partial charge in [0, 0.05) is 20.6 Å². The first-order valence-electron chi connectivity index (χ1n) is 4.43. The summed E-state index contributed by atoms with van der Waals surface area (Å²) < 4.78 is 1.67. The molecule has 0 aliphatic heterocycles. The normalized spacial score (nSPS) is 12.5. The maximum absolute atomic E-state index is 11.1. The summed E-state index contributed by atoms with van der Waals surface area (Å²) in [5.74, 6) is -0.0277. The van der Waals surface area contributed by atoms with Crippen LogP contribution in [0, 0.1) is 0 Å². The largest absolute Gasteiger partial charge is 0.358 e. The third-order valence-electron chi connectivity index (χ3n) is 2.04. The topological polar surface area (TPSA) is 71.8 Å². The molecule has 0 bridgehead atoms. The van der Waals surface area contributed by atoms with Crippen LogP contribution in [0.4, 0.5) is 0 Å². The van der Waals surface area contributed by atoms with Gasteiger partial charge in [-0.25, -0.2) is 0 Å². The molecule has 14 heavy (non-hydrogen) atoms. The van der Waals surface area contributed by atoms with Crippen LogP contribution in [0.5, 0.6) is 0 Å². The Hall–Kier alpha value is -1.43. The van der Waals surface area contributed by atoms with Crippen LogP contribution in [0.25, 0.3) is 0 Å². The van der Waals surface area contributed by atoms with Gasteiger partial charge in [-0.05, 0) is 6.92 Å². The molecule has 1 rings (SSSR count). The van der Waals surface area contributed by atoms with Gasteiger partial charge in [-0.2, -0.15) is 0 Å². The van der Waals surface area contributed by atoms with Crippen molar-refractivity contribution in [2.24, 2.45) is 7.05 Å². The Morgan fingerprint density at radius 2 is 2.43 bits per heavy atom. The van der Waals surface area contributed by atoms with Gasteiger partial charge in [0.1, 0.15) is 0 Å². The van der Waals surface area contributed by atoms with E-state index in [1.807, 2.05) is 14.0 Å². The summed E-state index contributed by atoms with van der Waals surface area (Å²) in [5.41, 5.74) is 0.945. The summed E-state index contributed by atoms with van der Waals surface area (Å²) in [4.78, 5) is 11.1. The Balaban J connectivity index is 2.41. The lowest BCUT2D eigenvalue weighted by Crippen LogP contribution is -2.40. The number of carbonyl (C=O) groups is 1. The molecule has 0 aliphatic carbocycles. The summed E-state index contributed by atoms with van der Waals surface area (Å²) in [6.07, 6.45) is 1.67. The maximum Gasteiger partial charge on any atom is 0.236 e. The average Bonchev–Trinajstić information content (AvgIpc) is 2.59. The van der Waals surface area contributed by atoms with E-state index in [2.05, 4.69) is 20.9 Å². The molecule has 0 saturated heterocycles. The smallest absolute Gasteiger partial charge is 0.236 e. The van der Waals surface area contributed by atoms with E-state index in [0.29, 0.717) is 6.54 Å². The van der Waals surface area contributed by atoms with Gasteiger partial charge in [0.05, 0.1) is 17.9 Å². The lowest BCUT2D eigenvalue weighted by atomic mass is 10.3. The van der Waals surface area contributed by atoms with Crippen molar-refractivity contribution in [3.63, 3.8) is 0 Å². The highest BCUT2D eigenvalue weighted by molar-refractivity contribution is 5.80. The van der Waals surface area contributed by atoms with Crippen LogP contribution in [0.3, 0.4) is 0 Å². The summed E-state index contributed by atoms with van der Waals surface area (Å²) in [6.45, 7) is 2.39. The zero-order valence-electron chi connectivity index (χ0n) is 8.61. The molecule has 0 aliphatic rings. The minimum absolute atomic E-state index is 0.0277. The van der Waals surface area contributed by atoms with Gasteiger partial charge in [0.2, 0.25) is 5.91 Å². The minimum atomic E-state index is -0.213. The first-order chi connectivity index (χ1) is 6.65. The summed E-state index contributed by atoms with van der Waals surface area (Å²) in [5, 5.41) is 13.2. The highest BCUT2D eigenvalue weighted by atomic mass is 16.2. The van der Waals surface area contributed by atoms with Crippen LogP contribution in [-0.4, -0.2) is 34.0 Å². The number of hydrogen-bond acceptors (Lipinski definition) is 4. The Labute approximate surface area is 82.7 Å². The van der Waals surface area contributed by atoms with Crippen molar-refractivity contribution in [1.29, 1.82) is 0 Å². The van der Waals surface area contributed by atoms with E-state index in [4.69, 9.17) is 0 Å². The van der Waals surface area contributed by atoms with Crippen molar-refractivity contribution >= 4 is 5.91 Å². The van der Waals surface area contributed by atoms with Crippen molar-refractivity contribution in [3.8, 4) is 0 Å². The van der Waals surface area contributed by atoms with Crippen LogP contribution < -0.4 is 10.6 Å². The number of aryl methyl sites for hydroxylation is 1. The van der Waals surface area contributed by atoms with Crippen LogP contribution in [-0.2, 0) is 18.4 Å². The fourth-order valence-corrected chi connectivity index (χ4v) is 1.04. The highest BCUT2D eigenvalue weighted by Crippen LogP contribution is 1.93. The molecule has 1 aromatic heterocycles. The number of aromatic nitrogens is 3. The molecule has 0 saturated carbocycles. The molecule has 78 valence electrons. The first kappa shape index (κ1) is 10.6. The number of nitrogens with zero attached hydrogens (tertiary/aromatic N) is 3. The van der Waals surface area contributed by atoms with Gasteiger partial charge in [-0.15, -0.1) is 5.10 Å². The Morgan fingerprint density at radius 1 is 1.71 bits per heavy atom. The molecule has 0 fully saturated rings. The highest BCUT2D eigenvalue weighted by Gasteiger charge is 2.10. The van der Waals surface area contributed by atoms with Crippen LogP contribution >= 0.6 is 0 Å². The van der Waals surface area contributed by atoms with E-state index in [-0.39, 0.29) is 11.9 Å². The van der Waals surface area contributed by atoms with Crippen molar-refractivity contribution < 1.29 is 4.79 Å². The summed E-state index contributed by atoms with van der Waals surface area (Å²) in [6, 6.07) is -0.213. The molecule has 1 atom stereocenters. The van der Waals surface area contributed by atoms with E-state index < -0.39 is 0 Å². The van der Waals surface area contributed by atoms with Gasteiger partial charge < -0.3 is 10.6 Å². The second kappa shape index (κ2) is 4.71. The molecule has 0 aromatic carbocycles. The third-order valence-corrected chi connectivity index (χ3v) is 2.04. The first-order valence-corrected chi connectivity index (χ1v) is 4.43. The maximum atomic E-state index is 11.1. The van der Waals surface area contributed by atoms with Crippen molar-refractivity contribution in [1.82, 2.24) is 25.6 Å². The van der Waals surface area contributed by atoms with Crippen LogP contribution in [0.15, 0.2) is 6.20 Å². The lowest BCUT2D eigenvalue weighted by molar-refractivity contribution is -0.122. The van der Waals surface area contributed by atoms with E-state index in [1.54, 1.807) is 17.9 Å². The summed E-state index contributed by atoms with van der Waals surface area (Å²) in [7, 11) is 3.43. The molecule has 0 spiro atoms. The van der Waals surface area contributed by atoms with E-state index >= 15 is 0 Å². The number of nitrogens with one attached hydrogen (secondary N) is 2. The minimum Gasteiger partial charge on any atom is -0.358 e. The Morgan fingerprint density at radius 3 is 2.93 bits per heavy atom. The van der Waals surface area contributed by atoms with E-state index in [9.17, 15) is 4.79 Å². The van der Waals surface area contributed by atoms with Crippen molar-refractivity contribution in [2.75, 3.05) is 7.05 Å². The zero-order valence-corrected chi connectivity index (χ0v) is 8.61. The molecule has 6 nitrogen and oxygen atoms in total. The lowest BCUT2D eigenvalue weighted by Gasteiger charge is -2.11. The Kier molecular flexibility index (Phi) is 3.58. The second-order valence-electron chi connectivity index (χ2n) is 3.07. The zero-order chi connectivity index (χ0) is 10.6. The van der Waals surface area contributed by atoms with Gasteiger partial charge in [0.25, 0.3) is 0 Å². The molecule has 1 amide bonds. The quantitative estimate of drug-likeness (QED) is 0.652. The number of hydrogen-bond donors (Lipinski definition) is 2. The SMILES string of the molecule is CNC(=O)C(C)NCc1cnnn1C. The molecule has 6 heteroatoms. The standard InChI is InChI=1S/C8H15N5O/c1-6(8(14)9-2)10-4-7-5-11-12-13(7)3/h5-6,10H,4H2,1-3H3,(H,9,14). The van der Waals surface area contributed by atoms with Crippen molar-refractivity contribution in [2.45, 2.75) is 19.5 Å². The van der Waals surface area contributed by atoms with Crippen molar-refractivity contribution in [3.05, 3.63) is 11.9 Å². The van der Waals surface area contributed by atoms with Crippen LogP contribution in [0.2, 0.25) is 0 Å². The molecule has 1 heterocycles. The third kappa shape index (κ3) is 2.53. The average molecular weight is 197 g/mol. The number of amides is 1. The van der Waals surface area contributed by atoms with Gasteiger partial charge in [-0.1, -0.05) is 5.21 Å². The molecular weight excluding hydrogens is 182 g/mol. The van der Waals surface area contributed by atoms with Crippen LogP contribution in [0.1, 0.15) is 12.6 Å². The van der Waals surface area contributed by atoms with E-state index in [1.165, 1.54) is 0 Å². The van der Waals surface area contributed by atoms with Gasteiger partial charge >= 0.3 is 0 Å². The van der Waals surface area contributed by atoms with E-state index in [0.717, 1.165) is 5.69 Å². The predicted molar refractivity (Wildman–Crippen MR) is 51.4 cm³/mol. The van der Waals surface area contributed by atoms with Gasteiger partial charge in [0.15, 0.2) is 0 Å². The predicted octanol–water partition coefficient (Wildman–Crippen LogP) is -0.961. The molecule has 1 unspecified atom stereocenters. The Bertz CT molecular complexity index is 308. The fraction of sp³-hybridized carbons (Fsp3) is 0.625. The number of rotatable bonds is 4. The molecular formula is C8H15N5O. The fourth-order valence-electron chi connectivity index (χ4n) is 1.04. The molecule has 0 radical (unpaired) electrons. The summed E-state index contributed by atoms with van der Waals surface area (Å²) >= 11 is 0.